The van der Waals surface area contributed by atoms with Crippen LogP contribution in [0, 0.1) is 0 Å². The summed E-state index contributed by atoms with van der Waals surface area (Å²) in [4.78, 5) is 18.9. The van der Waals surface area contributed by atoms with Gasteiger partial charge in [-0.25, -0.2) is 4.98 Å². The lowest BCUT2D eigenvalue weighted by Gasteiger charge is -2.19. The van der Waals surface area contributed by atoms with Gasteiger partial charge in [-0.1, -0.05) is 27.7 Å². The number of ether oxygens (including phenoxy) is 1. The second-order valence-electron chi connectivity index (χ2n) is 6.41. The lowest BCUT2D eigenvalue weighted by Crippen LogP contribution is -2.24. The highest BCUT2D eigenvalue weighted by molar-refractivity contribution is 9.10. The van der Waals surface area contributed by atoms with Gasteiger partial charge in [0.05, 0.1) is 15.3 Å². The molecule has 0 bridgehead atoms. The number of hydrogen-bond donors (Lipinski definition) is 1. The molecule has 2 atom stereocenters. The summed E-state index contributed by atoms with van der Waals surface area (Å²) in [7, 11) is -0.891. The molecule has 1 aliphatic rings. The summed E-state index contributed by atoms with van der Waals surface area (Å²) in [6, 6.07) is 7.03. The van der Waals surface area contributed by atoms with Gasteiger partial charge in [-0.15, -0.1) is 8.78 Å². The third kappa shape index (κ3) is 9.17. The standard InChI is InChI=1S/C18H17BrClF2N3O3S.2C2H6/c1-29(27)14-6-7-25(10-14)16-15(19)8-11(9-23-16)17(26)24-12-2-4-13(5-3-12)28-18(20,21)22;2*1-2/h2-5,8-9,14H,6-7,10H2,1H3,(H,24,26);2*1-2H3. The smallest absolute Gasteiger partial charge is 0.420 e. The van der Waals surface area contributed by atoms with E-state index in [9.17, 15) is 17.8 Å². The van der Waals surface area contributed by atoms with Crippen molar-refractivity contribution in [2.24, 2.45) is 0 Å². The molecule has 2 heterocycles. The summed E-state index contributed by atoms with van der Waals surface area (Å²) < 4.78 is 41.8. The number of nitrogens with one attached hydrogen (secondary N) is 1. The van der Waals surface area contributed by atoms with Crippen LogP contribution in [0.1, 0.15) is 44.5 Å². The van der Waals surface area contributed by atoms with Crippen LogP contribution in [0.25, 0.3) is 0 Å². The maximum absolute atomic E-state index is 12.6. The van der Waals surface area contributed by atoms with Crippen LogP contribution < -0.4 is 15.0 Å². The Bertz CT molecular complexity index is 930. The number of carbonyl (C=O) groups excluding carboxylic acids is 1. The largest absolute Gasteiger partial charge is 0.487 e. The molecule has 2 unspecified atom stereocenters. The quantitative estimate of drug-likeness (QED) is 0.416. The summed E-state index contributed by atoms with van der Waals surface area (Å²) >= 11 is 8.16. The molecule has 0 spiro atoms. The molecule has 1 N–H and O–H groups in total. The molecular formula is C22H29BrClF2N3O3S. The zero-order chi connectivity index (χ0) is 25.2. The van der Waals surface area contributed by atoms with Crippen LogP contribution in [0.15, 0.2) is 41.0 Å². The Balaban J connectivity index is 0.00000129. The van der Waals surface area contributed by atoms with Gasteiger partial charge in [-0.3, -0.25) is 9.00 Å². The van der Waals surface area contributed by atoms with Gasteiger partial charge in [-0.2, -0.15) is 0 Å². The van der Waals surface area contributed by atoms with Crippen LogP contribution in [0.3, 0.4) is 0 Å². The summed E-state index contributed by atoms with van der Waals surface area (Å²) in [6.45, 7) is 9.40. The number of rotatable bonds is 6. The summed E-state index contributed by atoms with van der Waals surface area (Å²) in [6.07, 6.45) is 3.98. The molecule has 1 aliphatic heterocycles. The molecule has 184 valence electrons. The number of carbonyl (C=O) groups is 1. The third-order valence-corrected chi connectivity index (χ3v) is 6.33. The van der Waals surface area contributed by atoms with E-state index in [1.807, 2.05) is 32.6 Å². The van der Waals surface area contributed by atoms with Gasteiger partial charge in [-0.05, 0) is 52.7 Å². The van der Waals surface area contributed by atoms with Crippen molar-refractivity contribution < 1.29 is 22.5 Å². The molecule has 11 heteroatoms. The van der Waals surface area contributed by atoms with Gasteiger partial charge < -0.3 is 15.0 Å². The molecule has 6 nitrogen and oxygen atoms in total. The maximum atomic E-state index is 12.6. The first-order valence-corrected chi connectivity index (χ1v) is 13.3. The fourth-order valence-electron chi connectivity index (χ4n) is 2.92. The molecule has 0 radical (unpaired) electrons. The van der Waals surface area contributed by atoms with Gasteiger partial charge in [0.2, 0.25) is 0 Å². The van der Waals surface area contributed by atoms with Crippen molar-refractivity contribution in [1.29, 1.82) is 0 Å². The minimum absolute atomic E-state index is 0.109. The molecular weight excluding hydrogens is 540 g/mol. The predicted molar refractivity (Wildman–Crippen MR) is 135 cm³/mol. The van der Waals surface area contributed by atoms with Crippen LogP contribution in [0.2, 0.25) is 0 Å². The van der Waals surface area contributed by atoms with Crippen LogP contribution >= 0.6 is 27.5 Å². The molecule has 2 aromatic rings. The van der Waals surface area contributed by atoms with Crippen molar-refractivity contribution in [1.82, 2.24) is 4.98 Å². The molecule has 1 saturated heterocycles. The van der Waals surface area contributed by atoms with Gasteiger partial charge >= 0.3 is 5.57 Å². The summed E-state index contributed by atoms with van der Waals surface area (Å²) in [5.74, 6) is 0.154. The average Bonchev–Trinajstić information content (AvgIpc) is 3.27. The first-order valence-electron chi connectivity index (χ1n) is 10.5. The number of alkyl halides is 3. The molecule has 3 rings (SSSR count). The van der Waals surface area contributed by atoms with Crippen LogP contribution in [0.4, 0.5) is 20.3 Å². The highest BCUT2D eigenvalue weighted by Gasteiger charge is 2.28. The molecule has 1 aromatic carbocycles. The van der Waals surface area contributed by atoms with E-state index in [-0.39, 0.29) is 11.0 Å². The lowest BCUT2D eigenvalue weighted by molar-refractivity contribution is -0.0964. The number of aromatic nitrogens is 1. The highest BCUT2D eigenvalue weighted by Crippen LogP contribution is 2.29. The van der Waals surface area contributed by atoms with E-state index < -0.39 is 22.3 Å². The van der Waals surface area contributed by atoms with E-state index in [1.54, 1.807) is 12.3 Å². The SMILES string of the molecule is CC.CC.CS(=O)C1CCN(c2ncc(C(=O)Nc3ccc(OC(F)(F)Cl)cc3)cc2Br)C1. The molecule has 0 saturated carbocycles. The van der Waals surface area contributed by atoms with Crippen molar-refractivity contribution >= 4 is 55.7 Å². The summed E-state index contributed by atoms with van der Waals surface area (Å²) in [5, 5.41) is 2.77. The topological polar surface area (TPSA) is 71.5 Å². The monoisotopic (exact) mass is 567 g/mol. The fourth-order valence-corrected chi connectivity index (χ4v) is 4.44. The van der Waals surface area contributed by atoms with E-state index in [4.69, 9.17) is 11.6 Å². The molecule has 1 fully saturated rings. The zero-order valence-electron chi connectivity index (χ0n) is 19.2. The number of pyridine rings is 1. The van der Waals surface area contributed by atoms with E-state index in [2.05, 4.69) is 31.0 Å². The highest BCUT2D eigenvalue weighted by atomic mass is 79.9. The first kappa shape index (κ1) is 29.3. The Morgan fingerprint density at radius 2 is 1.88 bits per heavy atom. The van der Waals surface area contributed by atoms with Gasteiger partial charge in [0.15, 0.2) is 0 Å². The number of anilines is 2. The Labute approximate surface area is 209 Å². The van der Waals surface area contributed by atoms with E-state index >= 15 is 0 Å². The van der Waals surface area contributed by atoms with E-state index in [0.29, 0.717) is 28.1 Å². The minimum atomic E-state index is -3.80. The van der Waals surface area contributed by atoms with Crippen molar-refractivity contribution in [2.75, 3.05) is 29.6 Å². The maximum Gasteiger partial charge on any atom is 0.487 e. The van der Waals surface area contributed by atoms with Crippen molar-refractivity contribution in [3.05, 3.63) is 46.6 Å². The fraction of sp³-hybridized carbons (Fsp3) is 0.455. The van der Waals surface area contributed by atoms with Crippen LogP contribution in [-0.2, 0) is 10.8 Å². The van der Waals surface area contributed by atoms with Gasteiger partial charge in [0.1, 0.15) is 11.6 Å². The minimum Gasteiger partial charge on any atom is -0.420 e. The Kier molecular flexibility index (Phi) is 12.2. The van der Waals surface area contributed by atoms with E-state index in [1.165, 1.54) is 30.5 Å². The third-order valence-electron chi connectivity index (χ3n) is 4.34. The number of halogens is 4. The summed E-state index contributed by atoms with van der Waals surface area (Å²) in [5.41, 5.74) is -3.08. The van der Waals surface area contributed by atoms with Crippen LogP contribution in [-0.4, -0.2) is 45.3 Å². The number of nitrogens with zero attached hydrogens (tertiary/aromatic N) is 2. The second-order valence-corrected chi connectivity index (χ2v) is 9.37. The van der Waals surface area contributed by atoms with Crippen molar-refractivity contribution in [2.45, 2.75) is 44.9 Å². The predicted octanol–water partition coefficient (Wildman–Crippen LogP) is 6.27. The molecule has 33 heavy (non-hydrogen) atoms. The van der Waals surface area contributed by atoms with Crippen LogP contribution in [0.5, 0.6) is 5.75 Å². The first-order chi connectivity index (χ1) is 15.6. The lowest BCUT2D eigenvalue weighted by atomic mass is 10.2. The zero-order valence-corrected chi connectivity index (χ0v) is 22.4. The number of benzene rings is 1. The Morgan fingerprint density at radius 1 is 1.27 bits per heavy atom. The molecule has 0 aliphatic carbocycles. The van der Waals surface area contributed by atoms with E-state index in [0.717, 1.165) is 13.0 Å². The second kappa shape index (κ2) is 13.8. The molecule has 1 amide bonds. The average molecular weight is 569 g/mol. The van der Waals surface area contributed by atoms with Crippen molar-refractivity contribution in [3.8, 4) is 5.75 Å². The Morgan fingerprint density at radius 3 is 2.36 bits per heavy atom. The van der Waals surface area contributed by atoms with Gasteiger partial charge in [0, 0.05) is 53.6 Å². The normalized spacial score (nSPS) is 16.0. The molecule has 1 aromatic heterocycles. The van der Waals surface area contributed by atoms with Crippen molar-refractivity contribution in [3.63, 3.8) is 0 Å². The van der Waals surface area contributed by atoms with Gasteiger partial charge in [0.25, 0.3) is 5.91 Å². The number of hydrogen-bond acceptors (Lipinski definition) is 5. The number of amides is 1. The Hall–Kier alpha value is -1.78.